The predicted octanol–water partition coefficient (Wildman–Crippen LogP) is 11.9. The molecule has 6 nitrogen and oxygen atoms in total. The number of fused-ring (bicyclic) bond motifs is 5. The minimum atomic E-state index is -0.223. The molecule has 9 aromatic rings. The molecule has 252 valence electrons. The molecule has 7 aromatic carbocycles. The zero-order chi connectivity index (χ0) is 35.5. The van der Waals surface area contributed by atoms with Gasteiger partial charge in [-0.3, -0.25) is 0 Å². The highest BCUT2D eigenvalue weighted by atomic mass is 16.3. The smallest absolute Gasteiger partial charge is 0.228 e. The Balaban J connectivity index is 1.17. The Morgan fingerprint density at radius 2 is 1.13 bits per heavy atom. The minimum absolute atomic E-state index is 0.223. The number of hydrogen-bond donors (Lipinski definition) is 0. The van der Waals surface area contributed by atoms with Crippen molar-refractivity contribution in [3.05, 3.63) is 175 Å². The van der Waals surface area contributed by atoms with Crippen LogP contribution >= 0.6 is 0 Å². The largest absolute Gasteiger partial charge is 0.436 e. The van der Waals surface area contributed by atoms with Crippen LogP contribution in [-0.4, -0.2) is 19.9 Å². The summed E-state index contributed by atoms with van der Waals surface area (Å²) in [6, 6.07) is 56.2. The van der Waals surface area contributed by atoms with Crippen molar-refractivity contribution in [2.75, 3.05) is 4.90 Å². The fraction of sp³-hybridized carbons (Fsp3) is 0.0638. The van der Waals surface area contributed by atoms with E-state index in [0.29, 0.717) is 23.4 Å². The average molecular weight is 684 g/mol. The number of benzene rings is 7. The molecule has 2 aromatic heterocycles. The fourth-order valence-corrected chi connectivity index (χ4v) is 7.69. The monoisotopic (exact) mass is 683 g/mol. The third kappa shape index (κ3) is 5.10. The standard InChI is InChI=1S/C47H33N5O/c1-47(2)37-23-13-14-24-39(37)52(33-18-7-4-8-19-33)40-29-32(25-27-38(40)47)44-49-43(31-16-5-3-6-17-31)50-45(51-44)35-21-11-12-22-36(35)46-48-42-34-20-10-9-15-30(34)26-28-41(42)53-46/h3-29H,1-2H3. The van der Waals surface area contributed by atoms with Gasteiger partial charge in [-0.05, 0) is 52.9 Å². The van der Waals surface area contributed by atoms with E-state index >= 15 is 0 Å². The quantitative estimate of drug-likeness (QED) is 0.180. The van der Waals surface area contributed by atoms with Gasteiger partial charge in [0.25, 0.3) is 0 Å². The average Bonchev–Trinajstić information content (AvgIpc) is 3.67. The van der Waals surface area contributed by atoms with Gasteiger partial charge < -0.3 is 9.32 Å². The van der Waals surface area contributed by atoms with Crippen LogP contribution in [0, 0.1) is 0 Å². The molecule has 53 heavy (non-hydrogen) atoms. The van der Waals surface area contributed by atoms with E-state index in [0.717, 1.165) is 61.2 Å². The maximum atomic E-state index is 6.43. The van der Waals surface area contributed by atoms with Gasteiger partial charge in [0.15, 0.2) is 23.1 Å². The number of rotatable bonds is 5. The molecule has 1 aliphatic heterocycles. The first-order valence-electron chi connectivity index (χ1n) is 17.8. The maximum Gasteiger partial charge on any atom is 0.228 e. The molecule has 0 unspecified atom stereocenters. The van der Waals surface area contributed by atoms with Crippen LogP contribution in [0.4, 0.5) is 17.1 Å². The number of aromatic nitrogens is 4. The molecule has 0 aliphatic carbocycles. The summed E-state index contributed by atoms with van der Waals surface area (Å²) in [7, 11) is 0. The third-order valence-corrected chi connectivity index (χ3v) is 10.4. The molecule has 0 N–H and O–H groups in total. The van der Waals surface area contributed by atoms with Crippen molar-refractivity contribution in [1.29, 1.82) is 0 Å². The van der Waals surface area contributed by atoms with E-state index in [1.807, 2.05) is 72.8 Å². The highest BCUT2D eigenvalue weighted by Crippen LogP contribution is 2.52. The first-order valence-corrected chi connectivity index (χ1v) is 17.8. The van der Waals surface area contributed by atoms with Crippen molar-refractivity contribution in [3.8, 4) is 45.6 Å². The molecular formula is C47H33N5O. The lowest BCUT2D eigenvalue weighted by Crippen LogP contribution is -2.30. The molecule has 10 rings (SSSR count). The Morgan fingerprint density at radius 1 is 0.491 bits per heavy atom. The van der Waals surface area contributed by atoms with E-state index in [4.69, 9.17) is 24.4 Å². The second-order valence-corrected chi connectivity index (χ2v) is 13.9. The molecule has 0 radical (unpaired) electrons. The van der Waals surface area contributed by atoms with Crippen LogP contribution in [0.5, 0.6) is 0 Å². The molecule has 0 amide bonds. The van der Waals surface area contributed by atoms with E-state index in [9.17, 15) is 0 Å². The molecule has 3 heterocycles. The van der Waals surface area contributed by atoms with E-state index in [1.54, 1.807) is 0 Å². The summed E-state index contributed by atoms with van der Waals surface area (Å²) in [5.74, 6) is 2.23. The molecule has 0 spiro atoms. The molecular weight excluding hydrogens is 651 g/mol. The Bertz CT molecular complexity index is 2830. The summed E-state index contributed by atoms with van der Waals surface area (Å²) in [6.07, 6.45) is 0. The van der Waals surface area contributed by atoms with E-state index in [-0.39, 0.29) is 5.41 Å². The highest BCUT2D eigenvalue weighted by Gasteiger charge is 2.37. The molecule has 0 fully saturated rings. The Morgan fingerprint density at radius 3 is 1.96 bits per heavy atom. The van der Waals surface area contributed by atoms with Gasteiger partial charge in [-0.2, -0.15) is 0 Å². The zero-order valence-corrected chi connectivity index (χ0v) is 29.2. The van der Waals surface area contributed by atoms with Gasteiger partial charge in [-0.15, -0.1) is 0 Å². The van der Waals surface area contributed by atoms with Crippen molar-refractivity contribution < 1.29 is 4.42 Å². The van der Waals surface area contributed by atoms with Crippen LogP contribution in [0.25, 0.3) is 67.5 Å². The third-order valence-electron chi connectivity index (χ3n) is 10.4. The lowest BCUT2D eigenvalue weighted by molar-refractivity contribution is 0.620. The van der Waals surface area contributed by atoms with Crippen molar-refractivity contribution in [2.24, 2.45) is 0 Å². The Hall–Kier alpha value is -6.92. The van der Waals surface area contributed by atoms with Gasteiger partial charge in [-0.25, -0.2) is 19.9 Å². The lowest BCUT2D eigenvalue weighted by atomic mass is 9.73. The van der Waals surface area contributed by atoms with Crippen molar-refractivity contribution >= 4 is 38.9 Å². The summed E-state index contributed by atoms with van der Waals surface area (Å²) in [5, 5.41) is 2.17. The minimum Gasteiger partial charge on any atom is -0.436 e. The van der Waals surface area contributed by atoms with Gasteiger partial charge in [0, 0.05) is 38.7 Å². The van der Waals surface area contributed by atoms with Crippen molar-refractivity contribution in [2.45, 2.75) is 19.3 Å². The first kappa shape index (κ1) is 30.9. The van der Waals surface area contributed by atoms with Gasteiger partial charge >= 0.3 is 0 Å². The van der Waals surface area contributed by atoms with Gasteiger partial charge in [-0.1, -0.05) is 141 Å². The normalized spacial score (nSPS) is 13.2. The summed E-state index contributed by atoms with van der Waals surface area (Å²) in [6.45, 7) is 4.60. The van der Waals surface area contributed by atoms with E-state index < -0.39 is 0 Å². The fourth-order valence-electron chi connectivity index (χ4n) is 7.69. The summed E-state index contributed by atoms with van der Waals surface area (Å²) < 4.78 is 6.43. The van der Waals surface area contributed by atoms with Crippen LogP contribution in [0.3, 0.4) is 0 Å². The number of oxazole rings is 1. The van der Waals surface area contributed by atoms with Crippen molar-refractivity contribution in [3.63, 3.8) is 0 Å². The predicted molar refractivity (Wildman–Crippen MR) is 213 cm³/mol. The Labute approximate surface area is 307 Å². The Kier molecular flexibility index (Phi) is 7.05. The van der Waals surface area contributed by atoms with Gasteiger partial charge in [0.05, 0.1) is 11.4 Å². The molecule has 6 heteroatoms. The van der Waals surface area contributed by atoms with E-state index in [1.165, 1.54) is 11.1 Å². The van der Waals surface area contributed by atoms with Crippen LogP contribution in [0.15, 0.2) is 168 Å². The summed E-state index contributed by atoms with van der Waals surface area (Å²) in [5.41, 5.74) is 10.6. The molecule has 0 bridgehead atoms. The second kappa shape index (κ2) is 12.1. The SMILES string of the molecule is CC1(C)c2ccccc2N(c2ccccc2)c2cc(-c3nc(-c4ccccc4)nc(-c4ccccc4-c4nc5c(ccc6ccccc65)o4)n3)ccc21. The number of para-hydroxylation sites is 2. The summed E-state index contributed by atoms with van der Waals surface area (Å²) in [4.78, 5) is 22.8. The van der Waals surface area contributed by atoms with Crippen LogP contribution in [0.1, 0.15) is 25.0 Å². The first-order chi connectivity index (χ1) is 26.0. The number of nitrogens with zero attached hydrogens (tertiary/aromatic N) is 5. The highest BCUT2D eigenvalue weighted by molar-refractivity contribution is 6.04. The van der Waals surface area contributed by atoms with E-state index in [2.05, 4.69) is 110 Å². The molecule has 0 saturated heterocycles. The lowest BCUT2D eigenvalue weighted by Gasteiger charge is -2.42. The second-order valence-electron chi connectivity index (χ2n) is 13.9. The van der Waals surface area contributed by atoms with Crippen LogP contribution in [-0.2, 0) is 5.41 Å². The van der Waals surface area contributed by atoms with Crippen LogP contribution in [0.2, 0.25) is 0 Å². The van der Waals surface area contributed by atoms with Gasteiger partial charge in [0.1, 0.15) is 5.52 Å². The molecule has 0 atom stereocenters. The zero-order valence-electron chi connectivity index (χ0n) is 29.2. The molecule has 0 saturated carbocycles. The molecule has 1 aliphatic rings. The topological polar surface area (TPSA) is 67.9 Å². The maximum absolute atomic E-state index is 6.43. The number of anilines is 3. The van der Waals surface area contributed by atoms with Crippen molar-refractivity contribution in [1.82, 2.24) is 19.9 Å². The summed E-state index contributed by atoms with van der Waals surface area (Å²) >= 11 is 0. The van der Waals surface area contributed by atoms with Gasteiger partial charge in [0.2, 0.25) is 5.89 Å². The number of hydrogen-bond acceptors (Lipinski definition) is 6. The van der Waals surface area contributed by atoms with Crippen LogP contribution < -0.4 is 4.90 Å².